The van der Waals surface area contributed by atoms with Crippen molar-refractivity contribution in [3.63, 3.8) is 0 Å². The third-order valence-electron chi connectivity index (χ3n) is 2.10. The number of amides is 1. The van der Waals surface area contributed by atoms with Crippen molar-refractivity contribution >= 4 is 33.3 Å². The summed E-state index contributed by atoms with van der Waals surface area (Å²) in [5.74, 6) is -1.94. The van der Waals surface area contributed by atoms with Gasteiger partial charge in [-0.3, -0.25) is 9.59 Å². The molecule has 0 saturated heterocycles. The first-order chi connectivity index (χ1) is 8.06. The fraction of sp³-hybridized carbons (Fsp3) is 0.0909. The Hall–Kier alpha value is -1.95. The summed E-state index contributed by atoms with van der Waals surface area (Å²) in [4.78, 5) is 22.2. The quantitative estimate of drug-likeness (QED) is 0.877. The van der Waals surface area contributed by atoms with Crippen molar-refractivity contribution < 1.29 is 19.1 Å². The van der Waals surface area contributed by atoms with Crippen LogP contribution in [0.1, 0.15) is 9.67 Å². The van der Waals surface area contributed by atoms with E-state index in [4.69, 9.17) is 5.11 Å². The molecule has 0 saturated carbocycles. The molecule has 2 N–H and O–H groups in total. The highest BCUT2D eigenvalue weighted by Gasteiger charge is 2.11. The molecule has 1 aromatic carbocycles. The van der Waals surface area contributed by atoms with Gasteiger partial charge < -0.3 is 10.4 Å². The SMILES string of the molecule is O=C(O)CNC(=O)c1cc2cc(F)ccc2s1. The second-order valence-electron chi connectivity index (χ2n) is 3.37. The number of aliphatic carboxylic acids is 1. The summed E-state index contributed by atoms with van der Waals surface area (Å²) in [6.07, 6.45) is 0. The molecule has 1 amide bonds. The molecular weight excluding hydrogens is 245 g/mol. The van der Waals surface area contributed by atoms with Crippen LogP contribution in [0.2, 0.25) is 0 Å². The Morgan fingerprint density at radius 3 is 2.82 bits per heavy atom. The number of thiophene rings is 1. The minimum absolute atomic E-state index is 0.367. The first-order valence-corrected chi connectivity index (χ1v) is 5.57. The molecule has 0 radical (unpaired) electrons. The lowest BCUT2D eigenvalue weighted by Crippen LogP contribution is -2.28. The van der Waals surface area contributed by atoms with Crippen LogP contribution < -0.4 is 5.32 Å². The van der Waals surface area contributed by atoms with Gasteiger partial charge >= 0.3 is 5.97 Å². The van der Waals surface area contributed by atoms with Gasteiger partial charge in [-0.2, -0.15) is 0 Å². The number of benzene rings is 1. The van der Waals surface area contributed by atoms with E-state index in [-0.39, 0.29) is 5.82 Å². The molecule has 0 unspecified atom stereocenters. The maximum Gasteiger partial charge on any atom is 0.322 e. The fourth-order valence-electron chi connectivity index (χ4n) is 1.37. The number of rotatable bonds is 3. The number of fused-ring (bicyclic) bond motifs is 1. The average Bonchev–Trinajstić information content (AvgIpc) is 2.68. The smallest absolute Gasteiger partial charge is 0.322 e. The molecular formula is C11H8FNO3S. The third kappa shape index (κ3) is 2.59. The van der Waals surface area contributed by atoms with E-state index < -0.39 is 18.4 Å². The van der Waals surface area contributed by atoms with Crippen LogP contribution in [0.25, 0.3) is 10.1 Å². The number of nitrogens with one attached hydrogen (secondary N) is 1. The standard InChI is InChI=1S/C11H8FNO3S/c12-7-1-2-8-6(3-7)4-9(17-8)11(16)13-5-10(14)15/h1-4H,5H2,(H,13,16)(H,14,15). The molecule has 2 rings (SSSR count). The van der Waals surface area contributed by atoms with Gasteiger partial charge in [-0.25, -0.2) is 4.39 Å². The van der Waals surface area contributed by atoms with Crippen molar-refractivity contribution in [1.29, 1.82) is 0 Å². The van der Waals surface area contributed by atoms with E-state index >= 15 is 0 Å². The number of hydrogen-bond donors (Lipinski definition) is 2. The first-order valence-electron chi connectivity index (χ1n) is 4.75. The Morgan fingerprint density at radius 2 is 2.12 bits per heavy atom. The second kappa shape index (κ2) is 4.50. The number of carboxylic acid groups (broad SMARTS) is 1. The van der Waals surface area contributed by atoms with Gasteiger partial charge in [0.25, 0.3) is 5.91 Å². The molecule has 4 nitrogen and oxygen atoms in total. The molecule has 2 aromatic rings. The third-order valence-corrected chi connectivity index (χ3v) is 3.22. The van der Waals surface area contributed by atoms with Crippen LogP contribution >= 0.6 is 11.3 Å². The maximum absolute atomic E-state index is 12.9. The van der Waals surface area contributed by atoms with Crippen LogP contribution in [0.5, 0.6) is 0 Å². The largest absolute Gasteiger partial charge is 0.480 e. The molecule has 0 aliphatic rings. The molecule has 1 aromatic heterocycles. The topological polar surface area (TPSA) is 66.4 Å². The minimum atomic E-state index is -1.11. The van der Waals surface area contributed by atoms with Gasteiger partial charge in [-0.1, -0.05) is 0 Å². The Bertz CT molecular complexity index is 593. The van der Waals surface area contributed by atoms with E-state index in [0.717, 1.165) is 4.70 Å². The van der Waals surface area contributed by atoms with Crippen molar-refractivity contribution in [2.75, 3.05) is 6.54 Å². The van der Waals surface area contributed by atoms with Gasteiger partial charge in [-0.15, -0.1) is 11.3 Å². The van der Waals surface area contributed by atoms with Crippen molar-refractivity contribution in [2.24, 2.45) is 0 Å². The minimum Gasteiger partial charge on any atom is -0.480 e. The van der Waals surface area contributed by atoms with Crippen molar-refractivity contribution in [2.45, 2.75) is 0 Å². The summed E-state index contributed by atoms with van der Waals surface area (Å²) in [6.45, 7) is -0.429. The number of carboxylic acids is 1. The monoisotopic (exact) mass is 253 g/mol. The summed E-state index contributed by atoms with van der Waals surface area (Å²) in [5, 5.41) is 11.3. The zero-order valence-electron chi connectivity index (χ0n) is 8.57. The summed E-state index contributed by atoms with van der Waals surface area (Å²) in [6, 6.07) is 5.78. The molecule has 0 aliphatic heterocycles. The Balaban J connectivity index is 2.24. The Morgan fingerprint density at radius 1 is 1.35 bits per heavy atom. The van der Waals surface area contributed by atoms with E-state index in [1.54, 1.807) is 12.1 Å². The summed E-state index contributed by atoms with van der Waals surface area (Å²) in [5.41, 5.74) is 0. The second-order valence-corrected chi connectivity index (χ2v) is 4.45. The van der Waals surface area contributed by atoms with E-state index in [1.807, 2.05) is 0 Å². The molecule has 0 atom stereocenters. The van der Waals surface area contributed by atoms with Crippen LogP contribution in [0.3, 0.4) is 0 Å². The van der Waals surface area contributed by atoms with E-state index in [2.05, 4.69) is 5.32 Å². The van der Waals surface area contributed by atoms with Crippen LogP contribution in [0.15, 0.2) is 24.3 Å². The highest BCUT2D eigenvalue weighted by molar-refractivity contribution is 7.20. The molecule has 0 bridgehead atoms. The van der Waals surface area contributed by atoms with Crippen LogP contribution in [-0.4, -0.2) is 23.5 Å². The van der Waals surface area contributed by atoms with Crippen LogP contribution in [-0.2, 0) is 4.79 Å². The van der Waals surface area contributed by atoms with Crippen molar-refractivity contribution in [3.8, 4) is 0 Å². The fourth-order valence-corrected chi connectivity index (χ4v) is 2.33. The number of carbonyl (C=O) groups excluding carboxylic acids is 1. The summed E-state index contributed by atoms with van der Waals surface area (Å²) < 4.78 is 13.7. The molecule has 0 fully saturated rings. The van der Waals surface area contributed by atoms with E-state index in [9.17, 15) is 14.0 Å². The number of carbonyl (C=O) groups is 2. The molecule has 88 valence electrons. The zero-order chi connectivity index (χ0) is 12.4. The van der Waals surface area contributed by atoms with E-state index in [0.29, 0.717) is 10.3 Å². The predicted molar refractivity (Wildman–Crippen MR) is 61.8 cm³/mol. The van der Waals surface area contributed by atoms with Gasteiger partial charge in [0.15, 0.2) is 0 Å². The highest BCUT2D eigenvalue weighted by Crippen LogP contribution is 2.26. The van der Waals surface area contributed by atoms with Gasteiger partial charge in [-0.05, 0) is 29.7 Å². The predicted octanol–water partition coefficient (Wildman–Crippen LogP) is 1.85. The van der Waals surface area contributed by atoms with Gasteiger partial charge in [0.05, 0.1) is 4.88 Å². The molecule has 6 heteroatoms. The van der Waals surface area contributed by atoms with Gasteiger partial charge in [0, 0.05) is 4.70 Å². The lowest BCUT2D eigenvalue weighted by Gasteiger charge is -1.97. The van der Waals surface area contributed by atoms with Crippen molar-refractivity contribution in [3.05, 3.63) is 35.0 Å². The van der Waals surface area contributed by atoms with Crippen LogP contribution in [0, 0.1) is 5.82 Å². The van der Waals surface area contributed by atoms with Crippen molar-refractivity contribution in [1.82, 2.24) is 5.32 Å². The average molecular weight is 253 g/mol. The summed E-state index contributed by atoms with van der Waals surface area (Å²) in [7, 11) is 0. The van der Waals surface area contributed by atoms with E-state index in [1.165, 1.54) is 23.5 Å². The van der Waals surface area contributed by atoms with Crippen LogP contribution in [0.4, 0.5) is 4.39 Å². The zero-order valence-corrected chi connectivity index (χ0v) is 9.38. The Kier molecular flexibility index (Phi) is 3.06. The summed E-state index contributed by atoms with van der Waals surface area (Å²) >= 11 is 1.19. The first kappa shape index (κ1) is 11.5. The highest BCUT2D eigenvalue weighted by atomic mass is 32.1. The van der Waals surface area contributed by atoms with Gasteiger partial charge in [0.2, 0.25) is 0 Å². The number of halogens is 1. The lowest BCUT2D eigenvalue weighted by molar-refractivity contribution is -0.135. The number of hydrogen-bond acceptors (Lipinski definition) is 3. The molecule has 0 spiro atoms. The lowest BCUT2D eigenvalue weighted by atomic mass is 10.2. The molecule has 0 aliphatic carbocycles. The maximum atomic E-state index is 12.9. The molecule has 1 heterocycles. The van der Waals surface area contributed by atoms with Gasteiger partial charge in [0.1, 0.15) is 12.4 Å². The molecule has 17 heavy (non-hydrogen) atoms. The Labute approximate surface area is 99.7 Å². The normalized spacial score (nSPS) is 10.4.